The van der Waals surface area contributed by atoms with Gasteiger partial charge in [-0.15, -0.1) is 0 Å². The van der Waals surface area contributed by atoms with Gasteiger partial charge in [-0.3, -0.25) is 0 Å². The van der Waals surface area contributed by atoms with Gasteiger partial charge in [0, 0.05) is 34.1 Å². The number of para-hydroxylation sites is 3. The number of benzene rings is 9. The summed E-state index contributed by atoms with van der Waals surface area (Å²) >= 11 is 0. The van der Waals surface area contributed by atoms with Crippen LogP contribution in [0.15, 0.2) is 218 Å². The average Bonchev–Trinajstić information content (AvgIpc) is 3.67. The average molecular weight is 819 g/mol. The fourth-order valence-electron chi connectivity index (χ4n) is 12.2. The number of anilines is 6. The van der Waals surface area contributed by atoms with Crippen LogP contribution in [0.1, 0.15) is 65.8 Å². The van der Waals surface area contributed by atoms with Gasteiger partial charge in [-0.05, 0) is 140 Å². The smallest absolute Gasteiger partial charge is 0.252 e. The van der Waals surface area contributed by atoms with E-state index in [1.807, 2.05) is 0 Å². The summed E-state index contributed by atoms with van der Waals surface area (Å²) in [6.45, 7) is 0.123. The van der Waals surface area contributed by atoms with Crippen molar-refractivity contribution in [3.05, 3.63) is 246 Å². The van der Waals surface area contributed by atoms with Crippen LogP contribution in [0, 0.1) is 0 Å². The highest BCUT2D eigenvalue weighted by molar-refractivity contribution is 7.00. The van der Waals surface area contributed by atoms with Crippen molar-refractivity contribution in [2.75, 3.05) is 9.80 Å². The summed E-state index contributed by atoms with van der Waals surface area (Å²) in [7, 11) is 0. The lowest BCUT2D eigenvalue weighted by atomic mass is 9.33. The Hall–Kier alpha value is -7.36. The van der Waals surface area contributed by atoms with E-state index in [0.717, 1.165) is 0 Å². The van der Waals surface area contributed by atoms with Crippen LogP contribution in [0.25, 0.3) is 22.3 Å². The maximum atomic E-state index is 2.58. The van der Waals surface area contributed by atoms with Gasteiger partial charge in [0.15, 0.2) is 0 Å². The molecule has 0 spiro atoms. The van der Waals surface area contributed by atoms with Crippen LogP contribution in [0.2, 0.25) is 0 Å². The predicted molar refractivity (Wildman–Crippen MR) is 269 cm³/mol. The van der Waals surface area contributed by atoms with Gasteiger partial charge in [0.25, 0.3) is 6.71 Å². The molecule has 13 rings (SSSR count). The van der Waals surface area contributed by atoms with Crippen LogP contribution in [0.5, 0.6) is 0 Å². The molecule has 0 unspecified atom stereocenters. The second kappa shape index (κ2) is 14.9. The molecule has 1 fully saturated rings. The molecule has 0 radical (unpaired) electrons. The Kier molecular flexibility index (Phi) is 8.66. The largest absolute Gasteiger partial charge is 0.311 e. The van der Waals surface area contributed by atoms with Crippen LogP contribution in [-0.2, 0) is 5.41 Å². The third-order valence-electron chi connectivity index (χ3n) is 14.9. The summed E-state index contributed by atoms with van der Waals surface area (Å²) in [6.07, 6.45) is 6.42. The van der Waals surface area contributed by atoms with Crippen LogP contribution >= 0.6 is 0 Å². The lowest BCUT2D eigenvalue weighted by Gasteiger charge is -2.44. The van der Waals surface area contributed by atoms with E-state index in [2.05, 4.69) is 228 Å². The van der Waals surface area contributed by atoms with E-state index in [0.29, 0.717) is 5.92 Å². The fourth-order valence-corrected chi connectivity index (χ4v) is 12.2. The molecular weight excluding hydrogens is 771 g/mol. The summed E-state index contributed by atoms with van der Waals surface area (Å²) in [5.74, 6) is 0.551. The van der Waals surface area contributed by atoms with Crippen molar-refractivity contribution < 1.29 is 0 Å². The van der Waals surface area contributed by atoms with Crippen molar-refractivity contribution in [2.45, 2.75) is 43.4 Å². The minimum Gasteiger partial charge on any atom is -0.311 e. The lowest BCUT2D eigenvalue weighted by Crippen LogP contribution is -2.61. The first-order valence-electron chi connectivity index (χ1n) is 23.2. The Balaban J connectivity index is 0.983. The number of fused-ring (bicyclic) bond motifs is 7. The molecule has 0 atom stereocenters. The van der Waals surface area contributed by atoms with Crippen LogP contribution in [0.3, 0.4) is 0 Å². The highest BCUT2D eigenvalue weighted by Crippen LogP contribution is 2.57. The maximum Gasteiger partial charge on any atom is 0.252 e. The molecule has 304 valence electrons. The first-order chi connectivity index (χ1) is 31.8. The molecule has 1 saturated carbocycles. The Morgan fingerprint density at radius 2 is 0.891 bits per heavy atom. The Bertz CT molecular complexity index is 3170. The summed E-state index contributed by atoms with van der Waals surface area (Å²) in [4.78, 5) is 5.12. The zero-order valence-corrected chi connectivity index (χ0v) is 35.9. The van der Waals surface area contributed by atoms with Gasteiger partial charge in [-0.2, -0.15) is 0 Å². The van der Waals surface area contributed by atoms with Crippen LogP contribution < -0.4 is 26.2 Å². The normalized spacial score (nSPS) is 15.5. The molecule has 9 aromatic rings. The topological polar surface area (TPSA) is 6.48 Å². The number of hydrogen-bond acceptors (Lipinski definition) is 2. The summed E-state index contributed by atoms with van der Waals surface area (Å²) in [6, 6.07) is 82.3. The van der Waals surface area contributed by atoms with E-state index >= 15 is 0 Å². The summed E-state index contributed by atoms with van der Waals surface area (Å²) < 4.78 is 0. The maximum absolute atomic E-state index is 2.58. The number of nitrogens with zero attached hydrogens (tertiary/aromatic N) is 2. The second-order valence-electron chi connectivity index (χ2n) is 18.2. The Morgan fingerprint density at radius 3 is 1.52 bits per heavy atom. The highest BCUT2D eigenvalue weighted by Gasteiger charge is 2.47. The molecule has 2 aliphatic carbocycles. The van der Waals surface area contributed by atoms with Crippen molar-refractivity contribution in [1.29, 1.82) is 0 Å². The van der Waals surface area contributed by atoms with Gasteiger partial charge < -0.3 is 9.80 Å². The molecule has 64 heavy (non-hydrogen) atoms. The summed E-state index contributed by atoms with van der Waals surface area (Å²) in [5.41, 5.74) is 22.9. The molecule has 4 aliphatic rings. The zero-order chi connectivity index (χ0) is 42.2. The number of hydrogen-bond donors (Lipinski definition) is 0. The van der Waals surface area contributed by atoms with Crippen molar-refractivity contribution in [3.8, 4) is 22.3 Å². The van der Waals surface area contributed by atoms with Gasteiger partial charge >= 0.3 is 0 Å². The van der Waals surface area contributed by atoms with Crippen molar-refractivity contribution >= 4 is 57.2 Å². The predicted octanol–water partition coefficient (Wildman–Crippen LogP) is 13.8. The third-order valence-corrected chi connectivity index (χ3v) is 14.9. The first kappa shape index (κ1) is 37.2. The minimum atomic E-state index is -0.437. The molecule has 3 heteroatoms. The molecule has 2 heterocycles. The standard InChI is InChI=1S/C61H47BN2/c1-5-19-42(20-6-1)45-40-58-60-59(41-45)64(57-32-18-16-30-55(57)62(60)54-29-15-17-31-56(54)63(58)48-25-11-4-12-26-48)49-36-33-43(34-37-49)44-35-38-51-50-27-13-14-28-52(50)61(53(51)39-44,46-21-7-2-8-22-46)47-23-9-3-10-24-47/h2-4,7-18,21-42H,1,5-6,19-20H2. The SMILES string of the molecule is c1ccc(N2c3ccccc3B3c4ccccc4N(c4ccc(-c5ccc6c(c5)C(c5ccccc5)(c5ccccc5)c5ccccc5-6)cc4)c4cc(C5CCCCC5)cc2c43)cc1. The third kappa shape index (κ3) is 5.53. The minimum absolute atomic E-state index is 0.123. The van der Waals surface area contributed by atoms with E-state index in [9.17, 15) is 0 Å². The molecule has 0 aromatic heterocycles. The van der Waals surface area contributed by atoms with E-state index in [1.54, 1.807) is 0 Å². The van der Waals surface area contributed by atoms with Crippen molar-refractivity contribution in [3.63, 3.8) is 0 Å². The quantitative estimate of drug-likeness (QED) is 0.154. The molecule has 0 saturated heterocycles. The second-order valence-corrected chi connectivity index (χ2v) is 18.2. The molecule has 2 nitrogen and oxygen atoms in total. The lowest BCUT2D eigenvalue weighted by molar-refractivity contribution is 0.444. The molecule has 9 aromatic carbocycles. The Labute approximate surface area is 377 Å². The first-order valence-corrected chi connectivity index (χ1v) is 23.2. The van der Waals surface area contributed by atoms with Gasteiger partial charge in [0.2, 0.25) is 0 Å². The molecule has 0 bridgehead atoms. The highest BCUT2D eigenvalue weighted by atomic mass is 15.2. The number of rotatable bonds is 6. The van der Waals surface area contributed by atoms with Crippen LogP contribution in [-0.4, -0.2) is 6.71 Å². The summed E-state index contributed by atoms with van der Waals surface area (Å²) in [5, 5.41) is 0. The van der Waals surface area contributed by atoms with E-state index in [4.69, 9.17) is 0 Å². The molecular formula is C61H47BN2. The van der Waals surface area contributed by atoms with Crippen molar-refractivity contribution in [2.24, 2.45) is 0 Å². The van der Waals surface area contributed by atoms with Crippen molar-refractivity contribution in [1.82, 2.24) is 0 Å². The van der Waals surface area contributed by atoms with Crippen LogP contribution in [0.4, 0.5) is 34.1 Å². The monoisotopic (exact) mass is 818 g/mol. The molecule has 2 aliphatic heterocycles. The van der Waals surface area contributed by atoms with Gasteiger partial charge in [-0.1, -0.05) is 183 Å². The fraction of sp³-hybridized carbons (Fsp3) is 0.115. The zero-order valence-electron chi connectivity index (χ0n) is 35.9. The van der Waals surface area contributed by atoms with E-state index in [1.165, 1.54) is 133 Å². The van der Waals surface area contributed by atoms with E-state index in [-0.39, 0.29) is 6.71 Å². The van der Waals surface area contributed by atoms with Gasteiger partial charge in [0.05, 0.1) is 5.41 Å². The van der Waals surface area contributed by atoms with Gasteiger partial charge in [0.1, 0.15) is 0 Å². The van der Waals surface area contributed by atoms with Gasteiger partial charge in [-0.25, -0.2) is 0 Å². The molecule has 0 amide bonds. The van der Waals surface area contributed by atoms with E-state index < -0.39 is 5.41 Å². The Morgan fingerprint density at radius 1 is 0.391 bits per heavy atom. The molecule has 0 N–H and O–H groups in total.